The van der Waals surface area contributed by atoms with Crippen molar-refractivity contribution in [2.24, 2.45) is 5.92 Å². The minimum atomic E-state index is -1.00. The molecule has 1 aliphatic rings. The van der Waals surface area contributed by atoms with Crippen LogP contribution < -0.4 is 4.90 Å². The SMILES string of the molecule is COCC1CCN(c2ncc(C(=O)O)cn2)C1. The quantitative estimate of drug-likeness (QED) is 0.828. The largest absolute Gasteiger partial charge is 0.478 e. The molecule has 17 heavy (non-hydrogen) atoms. The van der Waals surface area contributed by atoms with Crippen molar-refractivity contribution in [3.63, 3.8) is 0 Å². The van der Waals surface area contributed by atoms with Crippen molar-refractivity contribution in [2.75, 3.05) is 31.7 Å². The molecule has 1 N–H and O–H groups in total. The smallest absolute Gasteiger partial charge is 0.338 e. The van der Waals surface area contributed by atoms with Gasteiger partial charge in [-0.2, -0.15) is 0 Å². The van der Waals surface area contributed by atoms with Crippen molar-refractivity contribution in [3.05, 3.63) is 18.0 Å². The molecule has 2 rings (SSSR count). The van der Waals surface area contributed by atoms with Crippen LogP contribution in [0.2, 0.25) is 0 Å². The number of carboxylic acids is 1. The second-order valence-electron chi connectivity index (χ2n) is 4.13. The predicted octanol–water partition coefficient (Wildman–Crippen LogP) is 0.647. The summed E-state index contributed by atoms with van der Waals surface area (Å²) in [7, 11) is 1.70. The maximum Gasteiger partial charge on any atom is 0.338 e. The van der Waals surface area contributed by atoms with Gasteiger partial charge in [-0.1, -0.05) is 0 Å². The molecule has 2 heterocycles. The van der Waals surface area contributed by atoms with E-state index in [1.54, 1.807) is 7.11 Å². The molecule has 6 nitrogen and oxygen atoms in total. The lowest BCUT2D eigenvalue weighted by Gasteiger charge is -2.15. The molecule has 1 atom stereocenters. The summed E-state index contributed by atoms with van der Waals surface area (Å²) in [6, 6.07) is 0. The zero-order valence-corrected chi connectivity index (χ0v) is 9.67. The Balaban J connectivity index is 2.01. The predicted molar refractivity (Wildman–Crippen MR) is 61.2 cm³/mol. The second kappa shape index (κ2) is 5.09. The molecular formula is C11H15N3O3. The molecule has 1 fully saturated rings. The topological polar surface area (TPSA) is 75.5 Å². The molecule has 92 valence electrons. The molecule has 0 aliphatic carbocycles. The Hall–Kier alpha value is -1.69. The number of hydrogen-bond acceptors (Lipinski definition) is 5. The third kappa shape index (κ3) is 2.71. The molecule has 0 aromatic carbocycles. The van der Waals surface area contributed by atoms with Gasteiger partial charge in [0.05, 0.1) is 12.2 Å². The van der Waals surface area contributed by atoms with Gasteiger partial charge >= 0.3 is 5.97 Å². The van der Waals surface area contributed by atoms with E-state index in [1.165, 1.54) is 12.4 Å². The van der Waals surface area contributed by atoms with Gasteiger partial charge < -0.3 is 14.7 Å². The standard InChI is InChI=1S/C11H15N3O3/c1-17-7-8-2-3-14(6-8)11-12-4-9(5-13-11)10(15)16/h4-5,8H,2-3,6-7H2,1H3,(H,15,16). The first-order valence-electron chi connectivity index (χ1n) is 5.50. The van der Waals surface area contributed by atoms with Gasteiger partial charge in [-0.05, 0) is 6.42 Å². The van der Waals surface area contributed by atoms with Crippen LogP contribution in [0.5, 0.6) is 0 Å². The van der Waals surface area contributed by atoms with Crippen molar-refractivity contribution in [3.8, 4) is 0 Å². The van der Waals surface area contributed by atoms with Crippen LogP contribution in [-0.4, -0.2) is 47.8 Å². The molecule has 6 heteroatoms. The Labute approximate surface area is 99.2 Å². The summed E-state index contributed by atoms with van der Waals surface area (Å²) >= 11 is 0. The van der Waals surface area contributed by atoms with Crippen LogP contribution in [0.1, 0.15) is 16.8 Å². The van der Waals surface area contributed by atoms with Crippen molar-refractivity contribution < 1.29 is 14.6 Å². The maximum atomic E-state index is 10.7. The van der Waals surface area contributed by atoms with Crippen LogP contribution in [0.3, 0.4) is 0 Å². The van der Waals surface area contributed by atoms with E-state index < -0.39 is 5.97 Å². The molecule has 0 saturated carbocycles. The molecule has 0 bridgehead atoms. The van der Waals surface area contributed by atoms with E-state index in [0.717, 1.165) is 26.1 Å². The summed E-state index contributed by atoms with van der Waals surface area (Å²) in [6.07, 6.45) is 3.74. The first-order valence-corrected chi connectivity index (χ1v) is 5.50. The molecule has 1 saturated heterocycles. The number of carbonyl (C=O) groups is 1. The lowest BCUT2D eigenvalue weighted by Crippen LogP contribution is -2.23. The number of nitrogens with zero attached hydrogens (tertiary/aromatic N) is 3. The van der Waals surface area contributed by atoms with Gasteiger partial charge in [0.1, 0.15) is 0 Å². The lowest BCUT2D eigenvalue weighted by molar-refractivity contribution is 0.0696. The number of hydrogen-bond donors (Lipinski definition) is 1. The van der Waals surface area contributed by atoms with E-state index in [9.17, 15) is 4.79 Å². The molecule has 1 unspecified atom stereocenters. The first kappa shape index (κ1) is 11.8. The lowest BCUT2D eigenvalue weighted by atomic mass is 10.1. The van der Waals surface area contributed by atoms with Crippen LogP contribution in [-0.2, 0) is 4.74 Å². The summed E-state index contributed by atoms with van der Waals surface area (Å²) in [5.74, 6) is 0.0894. The third-order valence-electron chi connectivity index (χ3n) is 2.86. The molecule has 1 aliphatic heterocycles. The van der Waals surface area contributed by atoms with E-state index in [2.05, 4.69) is 14.9 Å². The Morgan fingerprint density at radius 1 is 1.59 bits per heavy atom. The van der Waals surface area contributed by atoms with Gasteiger partial charge in [0.2, 0.25) is 5.95 Å². The Morgan fingerprint density at radius 2 is 2.29 bits per heavy atom. The summed E-state index contributed by atoms with van der Waals surface area (Å²) in [5.41, 5.74) is 0.112. The molecule has 1 aromatic heterocycles. The van der Waals surface area contributed by atoms with Gasteiger partial charge in [0, 0.05) is 38.5 Å². The Morgan fingerprint density at radius 3 is 2.88 bits per heavy atom. The van der Waals surface area contributed by atoms with Crippen molar-refractivity contribution >= 4 is 11.9 Å². The normalized spacial score (nSPS) is 19.6. The second-order valence-corrected chi connectivity index (χ2v) is 4.13. The highest BCUT2D eigenvalue weighted by molar-refractivity contribution is 5.86. The number of anilines is 1. The van der Waals surface area contributed by atoms with Crippen LogP contribution in [0.15, 0.2) is 12.4 Å². The van der Waals surface area contributed by atoms with Crippen molar-refractivity contribution in [1.82, 2.24) is 9.97 Å². The van der Waals surface area contributed by atoms with Crippen LogP contribution >= 0.6 is 0 Å². The highest BCUT2D eigenvalue weighted by Crippen LogP contribution is 2.20. The van der Waals surface area contributed by atoms with Crippen LogP contribution in [0, 0.1) is 5.92 Å². The summed E-state index contributed by atoms with van der Waals surface area (Å²) in [6.45, 7) is 2.49. The van der Waals surface area contributed by atoms with Crippen molar-refractivity contribution in [1.29, 1.82) is 0 Å². The van der Waals surface area contributed by atoms with Gasteiger partial charge in [-0.3, -0.25) is 0 Å². The fourth-order valence-corrected chi connectivity index (χ4v) is 1.98. The summed E-state index contributed by atoms with van der Waals surface area (Å²) in [5, 5.41) is 8.74. The van der Waals surface area contributed by atoms with E-state index in [0.29, 0.717) is 11.9 Å². The van der Waals surface area contributed by atoms with Gasteiger partial charge in [-0.25, -0.2) is 14.8 Å². The van der Waals surface area contributed by atoms with Crippen molar-refractivity contribution in [2.45, 2.75) is 6.42 Å². The highest BCUT2D eigenvalue weighted by Gasteiger charge is 2.24. The molecular weight excluding hydrogens is 222 g/mol. The number of aromatic carboxylic acids is 1. The fraction of sp³-hybridized carbons (Fsp3) is 0.545. The average Bonchev–Trinajstić information content (AvgIpc) is 2.78. The summed E-state index contributed by atoms with van der Waals surface area (Å²) < 4.78 is 5.12. The Bertz CT molecular complexity index is 393. The fourth-order valence-electron chi connectivity index (χ4n) is 1.98. The third-order valence-corrected chi connectivity index (χ3v) is 2.86. The van der Waals surface area contributed by atoms with Gasteiger partial charge in [-0.15, -0.1) is 0 Å². The molecule has 1 aromatic rings. The number of carboxylic acid groups (broad SMARTS) is 1. The molecule has 0 amide bonds. The minimum Gasteiger partial charge on any atom is -0.478 e. The van der Waals surface area contributed by atoms with Gasteiger partial charge in [0.25, 0.3) is 0 Å². The van der Waals surface area contributed by atoms with Gasteiger partial charge in [0.15, 0.2) is 0 Å². The maximum absolute atomic E-state index is 10.7. The number of rotatable bonds is 4. The van der Waals surface area contributed by atoms with E-state index in [4.69, 9.17) is 9.84 Å². The van der Waals surface area contributed by atoms with E-state index in [-0.39, 0.29) is 5.56 Å². The van der Waals surface area contributed by atoms with Crippen LogP contribution in [0.25, 0.3) is 0 Å². The summed E-state index contributed by atoms with van der Waals surface area (Å²) in [4.78, 5) is 20.9. The Kier molecular flexibility index (Phi) is 3.53. The number of ether oxygens (including phenoxy) is 1. The number of methoxy groups -OCH3 is 1. The minimum absolute atomic E-state index is 0.112. The van der Waals surface area contributed by atoms with E-state index in [1.807, 2.05) is 0 Å². The zero-order chi connectivity index (χ0) is 12.3. The van der Waals surface area contributed by atoms with Crippen LogP contribution in [0.4, 0.5) is 5.95 Å². The van der Waals surface area contributed by atoms with E-state index >= 15 is 0 Å². The molecule has 0 spiro atoms. The monoisotopic (exact) mass is 237 g/mol. The first-order chi connectivity index (χ1) is 8.20. The highest BCUT2D eigenvalue weighted by atomic mass is 16.5. The average molecular weight is 237 g/mol. The number of aromatic nitrogens is 2. The molecule has 0 radical (unpaired) electrons. The zero-order valence-electron chi connectivity index (χ0n) is 9.67.